The Hall–Kier alpha value is -1.22. The summed E-state index contributed by atoms with van der Waals surface area (Å²) in [5.74, 6) is 5.86. The van der Waals surface area contributed by atoms with Gasteiger partial charge in [-0.2, -0.15) is 4.31 Å². The Kier molecular flexibility index (Phi) is 6.53. The van der Waals surface area contributed by atoms with Gasteiger partial charge < -0.3 is 10.3 Å². The molecule has 7 nitrogen and oxygen atoms in total. The fourth-order valence-electron chi connectivity index (χ4n) is 1.83. The zero-order valence-electron chi connectivity index (χ0n) is 13.1. The number of nitrogens with two attached hydrogens (primary N) is 1. The van der Waals surface area contributed by atoms with E-state index in [0.29, 0.717) is 25.5 Å². The van der Waals surface area contributed by atoms with Gasteiger partial charge in [0.1, 0.15) is 5.82 Å². The van der Waals surface area contributed by atoms with E-state index in [2.05, 4.69) is 10.4 Å². The molecular formula is C13H25N5O2S. The third kappa shape index (κ3) is 5.24. The molecule has 21 heavy (non-hydrogen) atoms. The Balaban J connectivity index is 3.06. The average molecular weight is 315 g/mol. The maximum atomic E-state index is 12.8. The van der Waals surface area contributed by atoms with Crippen molar-refractivity contribution < 1.29 is 8.42 Å². The van der Waals surface area contributed by atoms with E-state index in [4.69, 9.17) is 5.84 Å². The molecule has 0 aliphatic carbocycles. The normalized spacial score (nSPS) is 12.4. The first-order valence-corrected chi connectivity index (χ1v) is 8.29. The van der Waals surface area contributed by atoms with Gasteiger partial charge in [0.25, 0.3) is 0 Å². The number of sulfonamides is 1. The van der Waals surface area contributed by atoms with Crippen LogP contribution in [0.25, 0.3) is 0 Å². The highest BCUT2D eigenvalue weighted by molar-refractivity contribution is 7.89. The topological polar surface area (TPSA) is 91.6 Å². The zero-order valence-corrected chi connectivity index (χ0v) is 13.9. The van der Waals surface area contributed by atoms with Crippen LogP contribution >= 0.6 is 0 Å². The van der Waals surface area contributed by atoms with Crippen LogP contribution in [0.5, 0.6) is 0 Å². The number of rotatable bonds is 8. The van der Waals surface area contributed by atoms with Gasteiger partial charge in [-0.25, -0.2) is 19.2 Å². The van der Waals surface area contributed by atoms with Gasteiger partial charge in [0.05, 0.1) is 4.90 Å². The van der Waals surface area contributed by atoms with E-state index in [-0.39, 0.29) is 10.8 Å². The number of nitrogens with one attached hydrogen (secondary N) is 1. The monoisotopic (exact) mass is 315 g/mol. The molecule has 0 aliphatic heterocycles. The van der Waals surface area contributed by atoms with Crippen molar-refractivity contribution in [1.29, 1.82) is 0 Å². The van der Waals surface area contributed by atoms with Gasteiger partial charge in [0.2, 0.25) is 10.0 Å². The summed E-state index contributed by atoms with van der Waals surface area (Å²) >= 11 is 0. The van der Waals surface area contributed by atoms with Crippen molar-refractivity contribution in [2.24, 2.45) is 11.8 Å². The van der Waals surface area contributed by atoms with E-state index >= 15 is 0 Å². The van der Waals surface area contributed by atoms with Gasteiger partial charge in [-0.05, 0) is 26.1 Å². The summed E-state index contributed by atoms with van der Waals surface area (Å²) in [6, 6.07) is 2.93. The molecule has 0 fully saturated rings. The van der Waals surface area contributed by atoms with Crippen molar-refractivity contribution in [2.45, 2.75) is 18.7 Å². The highest BCUT2D eigenvalue weighted by Crippen LogP contribution is 2.18. The largest absolute Gasteiger partial charge is 0.308 e. The van der Waals surface area contributed by atoms with Crippen molar-refractivity contribution in [3.63, 3.8) is 0 Å². The number of likely N-dealkylation sites (N-methyl/N-ethyl adjacent to an activating group) is 1. The smallest absolute Gasteiger partial charge is 0.243 e. The van der Waals surface area contributed by atoms with Gasteiger partial charge in [0.15, 0.2) is 0 Å². The van der Waals surface area contributed by atoms with Gasteiger partial charge in [-0.15, -0.1) is 0 Å². The Labute approximate surface area is 127 Å². The maximum Gasteiger partial charge on any atom is 0.243 e. The molecule has 1 aromatic rings. The van der Waals surface area contributed by atoms with Gasteiger partial charge in [-0.1, -0.05) is 13.8 Å². The van der Waals surface area contributed by atoms with Crippen molar-refractivity contribution in [2.75, 3.05) is 39.2 Å². The minimum absolute atomic E-state index is 0.199. The number of aromatic nitrogens is 1. The summed E-state index contributed by atoms with van der Waals surface area (Å²) in [6.45, 7) is 5.58. The van der Waals surface area contributed by atoms with Crippen molar-refractivity contribution in [1.82, 2.24) is 14.2 Å². The molecule has 0 aliphatic rings. The van der Waals surface area contributed by atoms with E-state index in [1.165, 1.54) is 22.6 Å². The highest BCUT2D eigenvalue weighted by Gasteiger charge is 2.25. The van der Waals surface area contributed by atoms with Crippen LogP contribution in [0.4, 0.5) is 5.82 Å². The first kappa shape index (κ1) is 17.8. The van der Waals surface area contributed by atoms with E-state index in [1.807, 2.05) is 32.8 Å². The fraction of sp³-hybridized carbons (Fsp3) is 0.615. The first-order valence-electron chi connectivity index (χ1n) is 6.85. The lowest BCUT2D eigenvalue weighted by Crippen LogP contribution is -2.39. The molecular weight excluding hydrogens is 290 g/mol. The molecule has 0 saturated heterocycles. The minimum atomic E-state index is -3.55. The molecule has 0 bridgehead atoms. The highest BCUT2D eigenvalue weighted by atomic mass is 32.2. The second-order valence-corrected chi connectivity index (χ2v) is 7.52. The molecule has 0 spiro atoms. The number of hydrazine groups is 1. The predicted molar refractivity (Wildman–Crippen MR) is 84.2 cm³/mol. The molecule has 3 N–H and O–H groups in total. The van der Waals surface area contributed by atoms with Crippen LogP contribution in [0.1, 0.15) is 13.8 Å². The predicted octanol–water partition coefficient (Wildman–Crippen LogP) is 0.576. The molecule has 1 rings (SSSR count). The molecule has 0 atom stereocenters. The molecule has 0 radical (unpaired) electrons. The van der Waals surface area contributed by atoms with Crippen LogP contribution in [0.2, 0.25) is 0 Å². The van der Waals surface area contributed by atoms with E-state index in [1.54, 1.807) is 0 Å². The van der Waals surface area contributed by atoms with E-state index in [0.717, 1.165) is 0 Å². The Morgan fingerprint density at radius 3 is 2.52 bits per heavy atom. The Morgan fingerprint density at radius 2 is 2.00 bits per heavy atom. The van der Waals surface area contributed by atoms with Crippen LogP contribution in [-0.2, 0) is 10.0 Å². The van der Waals surface area contributed by atoms with E-state index < -0.39 is 10.0 Å². The van der Waals surface area contributed by atoms with E-state index in [9.17, 15) is 8.42 Å². The number of hydrogen-bond donors (Lipinski definition) is 2. The van der Waals surface area contributed by atoms with Gasteiger partial charge in [0, 0.05) is 31.9 Å². The summed E-state index contributed by atoms with van der Waals surface area (Å²) in [7, 11) is 0.286. The lowest BCUT2D eigenvalue weighted by Gasteiger charge is -2.25. The lowest BCUT2D eigenvalue weighted by atomic mass is 10.2. The Morgan fingerprint density at radius 1 is 1.33 bits per heavy atom. The molecule has 0 aromatic carbocycles. The minimum Gasteiger partial charge on any atom is -0.308 e. The van der Waals surface area contributed by atoms with Crippen molar-refractivity contribution in [3.05, 3.63) is 18.3 Å². The number of hydrogen-bond acceptors (Lipinski definition) is 6. The van der Waals surface area contributed by atoms with Crippen LogP contribution in [0.3, 0.4) is 0 Å². The quantitative estimate of drug-likeness (QED) is 0.538. The molecule has 0 unspecified atom stereocenters. The lowest BCUT2D eigenvalue weighted by molar-refractivity contribution is 0.312. The number of nitrogen functional groups attached to an aromatic ring is 1. The molecule has 1 aromatic heterocycles. The third-order valence-electron chi connectivity index (χ3n) is 2.88. The number of anilines is 1. The SMILES string of the molecule is CC(C)CN(CCN(C)C)S(=O)(=O)c1ccnc(NN)c1. The summed E-state index contributed by atoms with van der Waals surface area (Å²) in [5.41, 5.74) is 2.37. The average Bonchev–Trinajstić information content (AvgIpc) is 2.42. The number of pyridine rings is 1. The molecule has 0 saturated carbocycles. The van der Waals surface area contributed by atoms with Crippen LogP contribution in [-0.4, -0.2) is 56.3 Å². The zero-order chi connectivity index (χ0) is 16.0. The summed E-state index contributed by atoms with van der Waals surface area (Å²) in [4.78, 5) is 6.10. The standard InChI is InChI=1S/C13H25N5O2S/c1-11(2)10-18(8-7-17(3)4)21(19,20)12-5-6-15-13(9-12)16-14/h5-6,9,11H,7-8,10,14H2,1-4H3,(H,15,16). The molecule has 8 heteroatoms. The molecule has 120 valence electrons. The fourth-order valence-corrected chi connectivity index (χ4v) is 3.44. The molecule has 0 amide bonds. The van der Waals surface area contributed by atoms with Gasteiger partial charge in [-0.3, -0.25) is 0 Å². The van der Waals surface area contributed by atoms with Crippen molar-refractivity contribution in [3.8, 4) is 0 Å². The number of nitrogens with zero attached hydrogens (tertiary/aromatic N) is 3. The van der Waals surface area contributed by atoms with Crippen LogP contribution in [0.15, 0.2) is 23.2 Å². The molecule has 1 heterocycles. The first-order chi connectivity index (χ1) is 9.77. The summed E-state index contributed by atoms with van der Waals surface area (Å²) < 4.78 is 27.0. The van der Waals surface area contributed by atoms with Crippen LogP contribution in [0, 0.1) is 5.92 Å². The van der Waals surface area contributed by atoms with Gasteiger partial charge >= 0.3 is 0 Å². The summed E-state index contributed by atoms with van der Waals surface area (Å²) in [6.07, 6.45) is 1.43. The summed E-state index contributed by atoms with van der Waals surface area (Å²) in [5, 5.41) is 0. The second-order valence-electron chi connectivity index (χ2n) is 5.58. The Bertz CT molecular complexity index is 545. The second kappa shape index (κ2) is 7.69. The maximum absolute atomic E-state index is 12.8. The van der Waals surface area contributed by atoms with Crippen LogP contribution < -0.4 is 11.3 Å². The third-order valence-corrected chi connectivity index (χ3v) is 4.74. The van der Waals surface area contributed by atoms with Crippen molar-refractivity contribution >= 4 is 15.8 Å².